The van der Waals surface area contributed by atoms with E-state index >= 15 is 0 Å². The predicted octanol–water partition coefficient (Wildman–Crippen LogP) is 1.23. The Morgan fingerprint density at radius 2 is 1.75 bits per heavy atom. The van der Waals surface area contributed by atoms with Crippen LogP contribution in [0.5, 0.6) is 17.2 Å². The molecule has 1 saturated heterocycles. The van der Waals surface area contributed by atoms with Crippen LogP contribution in [-0.4, -0.2) is 50.4 Å². The SMILES string of the molecule is COc1cc(CN2CC(C(=O)O)C2)cc(OC)c1OC. The summed E-state index contributed by atoms with van der Waals surface area (Å²) < 4.78 is 15.9. The van der Waals surface area contributed by atoms with Crippen molar-refractivity contribution in [1.82, 2.24) is 4.90 Å². The normalized spacial score (nSPS) is 15.6. The number of nitrogens with zero attached hydrogens (tertiary/aromatic N) is 1. The van der Waals surface area contributed by atoms with Crippen LogP contribution in [0.15, 0.2) is 12.1 Å². The Balaban J connectivity index is 2.11. The zero-order valence-electron chi connectivity index (χ0n) is 11.9. The molecule has 0 aromatic heterocycles. The van der Waals surface area contributed by atoms with E-state index in [1.165, 1.54) is 0 Å². The third kappa shape index (κ3) is 2.80. The first-order valence-electron chi connectivity index (χ1n) is 6.33. The van der Waals surface area contributed by atoms with Gasteiger partial charge in [-0.2, -0.15) is 0 Å². The first kappa shape index (κ1) is 14.5. The lowest BCUT2D eigenvalue weighted by Crippen LogP contribution is -2.49. The molecule has 2 rings (SSSR count). The van der Waals surface area contributed by atoms with Gasteiger partial charge in [0.2, 0.25) is 5.75 Å². The number of carboxylic acids is 1. The van der Waals surface area contributed by atoms with E-state index in [1.54, 1.807) is 21.3 Å². The van der Waals surface area contributed by atoms with Gasteiger partial charge >= 0.3 is 5.97 Å². The van der Waals surface area contributed by atoms with Crippen molar-refractivity contribution >= 4 is 5.97 Å². The molecule has 1 aliphatic rings. The summed E-state index contributed by atoms with van der Waals surface area (Å²) in [5, 5.41) is 8.87. The number of carboxylic acid groups (broad SMARTS) is 1. The molecular formula is C14H19NO5. The van der Waals surface area contributed by atoms with Crippen LogP contribution in [-0.2, 0) is 11.3 Å². The molecule has 1 N–H and O–H groups in total. The van der Waals surface area contributed by atoms with Crippen molar-refractivity contribution in [2.45, 2.75) is 6.54 Å². The van der Waals surface area contributed by atoms with Crippen molar-refractivity contribution in [1.29, 1.82) is 0 Å². The van der Waals surface area contributed by atoms with E-state index in [-0.39, 0.29) is 5.92 Å². The lowest BCUT2D eigenvalue weighted by atomic mass is 9.99. The maximum Gasteiger partial charge on any atom is 0.309 e. The molecule has 0 radical (unpaired) electrons. The minimum absolute atomic E-state index is 0.253. The van der Waals surface area contributed by atoms with Crippen molar-refractivity contribution < 1.29 is 24.1 Å². The van der Waals surface area contributed by atoms with Gasteiger partial charge in [-0.15, -0.1) is 0 Å². The Morgan fingerprint density at radius 3 is 2.15 bits per heavy atom. The summed E-state index contributed by atoms with van der Waals surface area (Å²) in [6, 6.07) is 3.77. The molecule has 1 aromatic carbocycles. The second-order valence-corrected chi connectivity index (χ2v) is 4.76. The van der Waals surface area contributed by atoms with E-state index in [0.717, 1.165) is 5.56 Å². The first-order valence-corrected chi connectivity index (χ1v) is 6.33. The second-order valence-electron chi connectivity index (χ2n) is 4.76. The lowest BCUT2D eigenvalue weighted by molar-refractivity contribution is -0.147. The Morgan fingerprint density at radius 1 is 1.20 bits per heavy atom. The Bertz CT molecular complexity index is 471. The Hall–Kier alpha value is -1.95. The van der Waals surface area contributed by atoms with Gasteiger partial charge in [-0.05, 0) is 17.7 Å². The molecule has 0 saturated carbocycles. The molecule has 0 aliphatic carbocycles. The molecule has 1 aromatic rings. The van der Waals surface area contributed by atoms with Gasteiger partial charge in [0, 0.05) is 19.6 Å². The van der Waals surface area contributed by atoms with Crippen molar-refractivity contribution in [2.24, 2.45) is 5.92 Å². The Labute approximate surface area is 117 Å². The van der Waals surface area contributed by atoms with Crippen LogP contribution in [0.2, 0.25) is 0 Å². The fraction of sp³-hybridized carbons (Fsp3) is 0.500. The van der Waals surface area contributed by atoms with Gasteiger partial charge in [-0.25, -0.2) is 0 Å². The molecular weight excluding hydrogens is 262 g/mol. The summed E-state index contributed by atoms with van der Waals surface area (Å²) in [6.45, 7) is 1.82. The zero-order valence-corrected chi connectivity index (χ0v) is 11.9. The number of aliphatic carboxylic acids is 1. The van der Waals surface area contributed by atoms with Gasteiger partial charge < -0.3 is 19.3 Å². The monoisotopic (exact) mass is 281 g/mol. The molecule has 1 heterocycles. The molecule has 1 fully saturated rings. The van der Waals surface area contributed by atoms with E-state index in [0.29, 0.717) is 36.9 Å². The summed E-state index contributed by atoms with van der Waals surface area (Å²) in [5.74, 6) is 0.795. The summed E-state index contributed by atoms with van der Waals surface area (Å²) >= 11 is 0. The van der Waals surface area contributed by atoms with Crippen LogP contribution in [0.25, 0.3) is 0 Å². The molecule has 0 spiro atoms. The van der Waals surface area contributed by atoms with Gasteiger partial charge in [-0.1, -0.05) is 0 Å². The highest BCUT2D eigenvalue weighted by molar-refractivity contribution is 5.71. The number of hydrogen-bond donors (Lipinski definition) is 1. The molecule has 0 atom stereocenters. The number of likely N-dealkylation sites (tertiary alicyclic amines) is 1. The number of carbonyl (C=O) groups is 1. The minimum atomic E-state index is -0.730. The molecule has 20 heavy (non-hydrogen) atoms. The smallest absolute Gasteiger partial charge is 0.309 e. The Kier molecular flexibility index (Phi) is 4.34. The van der Waals surface area contributed by atoms with Crippen molar-refractivity contribution in [3.05, 3.63) is 17.7 Å². The fourth-order valence-corrected chi connectivity index (χ4v) is 2.34. The maximum atomic E-state index is 10.8. The quantitative estimate of drug-likeness (QED) is 0.846. The van der Waals surface area contributed by atoms with E-state index in [2.05, 4.69) is 4.90 Å². The summed E-state index contributed by atoms with van der Waals surface area (Å²) in [5.41, 5.74) is 1.00. The highest BCUT2D eigenvalue weighted by Crippen LogP contribution is 2.38. The summed E-state index contributed by atoms with van der Waals surface area (Å²) in [7, 11) is 4.71. The largest absolute Gasteiger partial charge is 0.493 e. The van der Waals surface area contributed by atoms with Crippen LogP contribution in [0, 0.1) is 5.92 Å². The van der Waals surface area contributed by atoms with Gasteiger partial charge in [0.05, 0.1) is 27.2 Å². The topological polar surface area (TPSA) is 68.2 Å². The molecule has 0 bridgehead atoms. The molecule has 0 amide bonds. The van der Waals surface area contributed by atoms with Crippen molar-refractivity contribution in [3.63, 3.8) is 0 Å². The van der Waals surface area contributed by atoms with Crippen molar-refractivity contribution in [2.75, 3.05) is 34.4 Å². The first-order chi connectivity index (χ1) is 9.58. The zero-order chi connectivity index (χ0) is 14.7. The molecule has 0 unspecified atom stereocenters. The number of ether oxygens (including phenoxy) is 3. The van der Waals surface area contributed by atoms with Crippen molar-refractivity contribution in [3.8, 4) is 17.2 Å². The highest BCUT2D eigenvalue weighted by Gasteiger charge is 2.32. The van der Waals surface area contributed by atoms with Crippen LogP contribution >= 0.6 is 0 Å². The average molecular weight is 281 g/mol. The number of rotatable bonds is 6. The van der Waals surface area contributed by atoms with Gasteiger partial charge in [0.1, 0.15) is 0 Å². The number of benzene rings is 1. The lowest BCUT2D eigenvalue weighted by Gasteiger charge is -2.36. The van der Waals surface area contributed by atoms with Crippen LogP contribution in [0.3, 0.4) is 0 Å². The van der Waals surface area contributed by atoms with Gasteiger partial charge in [0.15, 0.2) is 11.5 Å². The predicted molar refractivity (Wildman–Crippen MR) is 72.5 cm³/mol. The second kappa shape index (κ2) is 6.00. The van der Waals surface area contributed by atoms with Crippen LogP contribution in [0.1, 0.15) is 5.56 Å². The van der Waals surface area contributed by atoms with E-state index in [4.69, 9.17) is 19.3 Å². The highest BCUT2D eigenvalue weighted by atomic mass is 16.5. The standard InChI is InChI=1S/C14H19NO5/c1-18-11-4-9(5-12(19-2)13(11)20-3)6-15-7-10(8-15)14(16)17/h4-5,10H,6-8H2,1-3H3,(H,16,17). The molecule has 1 aliphatic heterocycles. The third-order valence-corrected chi connectivity index (χ3v) is 3.44. The van der Waals surface area contributed by atoms with E-state index < -0.39 is 5.97 Å². The number of methoxy groups -OCH3 is 3. The van der Waals surface area contributed by atoms with E-state index in [1.807, 2.05) is 12.1 Å². The average Bonchev–Trinajstić information content (AvgIpc) is 2.40. The maximum absolute atomic E-state index is 10.8. The molecule has 6 heteroatoms. The fourth-order valence-electron chi connectivity index (χ4n) is 2.34. The summed E-state index contributed by atoms with van der Waals surface area (Å²) in [6.07, 6.45) is 0. The third-order valence-electron chi connectivity index (χ3n) is 3.44. The van der Waals surface area contributed by atoms with E-state index in [9.17, 15) is 4.79 Å². The number of hydrogen-bond acceptors (Lipinski definition) is 5. The minimum Gasteiger partial charge on any atom is -0.493 e. The summed E-state index contributed by atoms with van der Waals surface area (Å²) in [4.78, 5) is 12.8. The molecule has 110 valence electrons. The van der Waals surface area contributed by atoms with Gasteiger partial charge in [-0.3, -0.25) is 9.69 Å². The molecule has 6 nitrogen and oxygen atoms in total. The van der Waals surface area contributed by atoms with Crippen LogP contribution in [0.4, 0.5) is 0 Å². The van der Waals surface area contributed by atoms with Crippen LogP contribution < -0.4 is 14.2 Å². The van der Waals surface area contributed by atoms with Gasteiger partial charge in [0.25, 0.3) is 0 Å².